The number of aryl methyl sites for hydroxylation is 1. The first kappa shape index (κ1) is 9.19. The maximum absolute atomic E-state index is 9.15. The molecule has 0 saturated carbocycles. The van der Waals surface area contributed by atoms with Gasteiger partial charge in [0.2, 0.25) is 0 Å². The second kappa shape index (κ2) is 3.40. The fourth-order valence-corrected chi connectivity index (χ4v) is 3.10. The number of thiophene rings is 1. The van der Waals surface area contributed by atoms with Crippen molar-refractivity contribution in [1.29, 1.82) is 0 Å². The predicted molar refractivity (Wildman–Crippen MR) is 60.2 cm³/mol. The number of hydrogen-bond acceptors (Lipinski definition) is 2. The average molecular weight is 257 g/mol. The molecule has 0 aliphatic heterocycles. The van der Waals surface area contributed by atoms with Gasteiger partial charge in [-0.15, -0.1) is 11.3 Å². The van der Waals surface area contributed by atoms with Crippen LogP contribution in [-0.2, 0) is 6.61 Å². The lowest BCUT2D eigenvalue weighted by molar-refractivity contribution is 0.283. The van der Waals surface area contributed by atoms with Crippen molar-refractivity contribution in [3.63, 3.8) is 0 Å². The van der Waals surface area contributed by atoms with E-state index in [0.29, 0.717) is 0 Å². The Labute approximate surface area is 89.1 Å². The van der Waals surface area contributed by atoms with E-state index in [1.165, 1.54) is 15.0 Å². The molecule has 0 fully saturated rings. The van der Waals surface area contributed by atoms with Gasteiger partial charge >= 0.3 is 0 Å². The summed E-state index contributed by atoms with van der Waals surface area (Å²) < 4.78 is 2.27. The molecule has 0 bridgehead atoms. The molecule has 0 saturated heterocycles. The van der Waals surface area contributed by atoms with Gasteiger partial charge in [-0.25, -0.2) is 0 Å². The predicted octanol–water partition coefficient (Wildman–Crippen LogP) is 3.46. The Bertz CT molecular complexity index is 447. The molecule has 2 rings (SSSR count). The first-order valence-corrected chi connectivity index (χ1v) is 5.61. The molecule has 0 unspecified atom stereocenters. The third kappa shape index (κ3) is 1.64. The molecule has 1 heterocycles. The zero-order chi connectivity index (χ0) is 9.42. The van der Waals surface area contributed by atoms with E-state index in [-0.39, 0.29) is 6.61 Å². The van der Waals surface area contributed by atoms with Gasteiger partial charge in [0.25, 0.3) is 0 Å². The molecule has 0 radical (unpaired) electrons. The van der Waals surface area contributed by atoms with E-state index in [9.17, 15) is 0 Å². The van der Waals surface area contributed by atoms with E-state index in [1.54, 1.807) is 11.3 Å². The summed E-state index contributed by atoms with van der Waals surface area (Å²) in [5.41, 5.74) is 0.994. The summed E-state index contributed by atoms with van der Waals surface area (Å²) in [5, 5.41) is 10.3. The van der Waals surface area contributed by atoms with Crippen molar-refractivity contribution in [1.82, 2.24) is 0 Å². The molecular formula is C10H9BrOS. The molecule has 0 atom stereocenters. The van der Waals surface area contributed by atoms with Crippen LogP contribution in [0.1, 0.15) is 10.4 Å². The third-order valence-corrected chi connectivity index (χ3v) is 3.44. The van der Waals surface area contributed by atoms with Crippen molar-refractivity contribution in [3.8, 4) is 0 Å². The number of benzene rings is 1. The molecule has 0 aliphatic carbocycles. The lowest BCUT2D eigenvalue weighted by Crippen LogP contribution is -1.82. The van der Waals surface area contributed by atoms with Gasteiger partial charge in [0.05, 0.1) is 6.61 Å². The largest absolute Gasteiger partial charge is 0.392 e. The van der Waals surface area contributed by atoms with Crippen LogP contribution in [0.5, 0.6) is 0 Å². The second-order valence-corrected chi connectivity index (χ2v) is 5.20. The first-order valence-electron chi connectivity index (χ1n) is 4.00. The molecular weight excluding hydrogens is 248 g/mol. The summed E-state index contributed by atoms with van der Waals surface area (Å²) in [5.74, 6) is 0. The number of halogens is 1. The summed E-state index contributed by atoms with van der Waals surface area (Å²) in [7, 11) is 0. The van der Waals surface area contributed by atoms with Gasteiger partial charge in [0, 0.05) is 14.0 Å². The number of fused-ring (bicyclic) bond motifs is 1. The fraction of sp³-hybridized carbons (Fsp3) is 0.200. The number of rotatable bonds is 1. The highest BCUT2D eigenvalue weighted by molar-refractivity contribution is 9.10. The van der Waals surface area contributed by atoms with Crippen LogP contribution in [0, 0.1) is 6.92 Å². The average Bonchev–Trinajstić information content (AvgIpc) is 2.43. The topological polar surface area (TPSA) is 20.2 Å². The van der Waals surface area contributed by atoms with Gasteiger partial charge in [-0.2, -0.15) is 0 Å². The van der Waals surface area contributed by atoms with Gasteiger partial charge in [-0.05, 0) is 36.1 Å². The zero-order valence-electron chi connectivity index (χ0n) is 7.17. The van der Waals surface area contributed by atoms with Gasteiger partial charge in [-0.3, -0.25) is 0 Å². The van der Waals surface area contributed by atoms with Crippen molar-refractivity contribution in [2.75, 3.05) is 0 Å². The highest BCUT2D eigenvalue weighted by atomic mass is 79.9. The van der Waals surface area contributed by atoms with Gasteiger partial charge in [0.1, 0.15) is 0 Å². The highest BCUT2D eigenvalue weighted by Gasteiger charge is 2.04. The summed E-state index contributed by atoms with van der Waals surface area (Å²) in [6.07, 6.45) is 0. The molecule has 0 amide bonds. The highest BCUT2D eigenvalue weighted by Crippen LogP contribution is 2.31. The third-order valence-electron chi connectivity index (χ3n) is 1.98. The normalized spacial score (nSPS) is 11.0. The van der Waals surface area contributed by atoms with E-state index >= 15 is 0 Å². The van der Waals surface area contributed by atoms with E-state index in [4.69, 9.17) is 5.11 Å². The molecule has 0 aliphatic rings. The standard InChI is InChI=1S/C10H9BrOS/c1-6-2-9-7(5-12)3-8(11)4-10(9)13-6/h2-4,12H,5H2,1H3. The smallest absolute Gasteiger partial charge is 0.0688 e. The van der Waals surface area contributed by atoms with Crippen LogP contribution < -0.4 is 0 Å². The van der Waals surface area contributed by atoms with Crippen LogP contribution in [0.4, 0.5) is 0 Å². The Morgan fingerprint density at radius 2 is 2.15 bits per heavy atom. The minimum absolute atomic E-state index is 0.103. The molecule has 1 aromatic heterocycles. The number of aliphatic hydroxyl groups is 1. The van der Waals surface area contributed by atoms with Crippen molar-refractivity contribution in [3.05, 3.63) is 33.1 Å². The summed E-state index contributed by atoms with van der Waals surface area (Å²) in [6, 6.07) is 6.18. The van der Waals surface area contributed by atoms with E-state index in [1.807, 2.05) is 6.07 Å². The van der Waals surface area contributed by atoms with Crippen molar-refractivity contribution >= 4 is 37.4 Å². The maximum Gasteiger partial charge on any atom is 0.0688 e. The van der Waals surface area contributed by atoms with Crippen LogP contribution in [0.15, 0.2) is 22.7 Å². The Hall–Kier alpha value is -0.380. The zero-order valence-corrected chi connectivity index (χ0v) is 9.58. The number of hydrogen-bond donors (Lipinski definition) is 1. The van der Waals surface area contributed by atoms with Crippen LogP contribution >= 0.6 is 27.3 Å². The molecule has 3 heteroatoms. The first-order chi connectivity index (χ1) is 6.20. The molecule has 1 nitrogen and oxygen atoms in total. The monoisotopic (exact) mass is 256 g/mol. The maximum atomic E-state index is 9.15. The minimum Gasteiger partial charge on any atom is -0.392 e. The van der Waals surface area contributed by atoms with Gasteiger partial charge in [-0.1, -0.05) is 15.9 Å². The van der Waals surface area contributed by atoms with E-state index in [2.05, 4.69) is 35.0 Å². The van der Waals surface area contributed by atoms with Crippen molar-refractivity contribution in [2.45, 2.75) is 13.5 Å². The van der Waals surface area contributed by atoms with Crippen LogP contribution in [0.25, 0.3) is 10.1 Å². The molecule has 0 spiro atoms. The minimum atomic E-state index is 0.103. The van der Waals surface area contributed by atoms with Crippen LogP contribution in [-0.4, -0.2) is 5.11 Å². The fourth-order valence-electron chi connectivity index (χ4n) is 1.43. The van der Waals surface area contributed by atoms with E-state index in [0.717, 1.165) is 10.0 Å². The van der Waals surface area contributed by atoms with Gasteiger partial charge in [0.15, 0.2) is 0 Å². The Kier molecular flexibility index (Phi) is 2.41. The number of aliphatic hydroxyl groups excluding tert-OH is 1. The summed E-state index contributed by atoms with van der Waals surface area (Å²) in [4.78, 5) is 1.28. The van der Waals surface area contributed by atoms with Crippen LogP contribution in [0.3, 0.4) is 0 Å². The molecule has 2 aromatic rings. The molecule has 1 aromatic carbocycles. The Morgan fingerprint density at radius 1 is 1.38 bits per heavy atom. The Balaban J connectivity index is 2.80. The second-order valence-electron chi connectivity index (χ2n) is 2.99. The van der Waals surface area contributed by atoms with Gasteiger partial charge < -0.3 is 5.11 Å². The lowest BCUT2D eigenvalue weighted by atomic mass is 10.1. The quantitative estimate of drug-likeness (QED) is 0.829. The molecule has 1 N–H and O–H groups in total. The Morgan fingerprint density at radius 3 is 2.85 bits per heavy atom. The molecule has 68 valence electrons. The SMILES string of the molecule is Cc1cc2c(CO)cc(Br)cc2s1. The summed E-state index contributed by atoms with van der Waals surface area (Å²) in [6.45, 7) is 2.19. The van der Waals surface area contributed by atoms with Crippen molar-refractivity contribution in [2.24, 2.45) is 0 Å². The van der Waals surface area contributed by atoms with Crippen molar-refractivity contribution < 1.29 is 5.11 Å². The molecule has 13 heavy (non-hydrogen) atoms. The lowest BCUT2D eigenvalue weighted by Gasteiger charge is -1.99. The summed E-state index contributed by atoms with van der Waals surface area (Å²) >= 11 is 5.18. The van der Waals surface area contributed by atoms with Crippen LogP contribution in [0.2, 0.25) is 0 Å². The van der Waals surface area contributed by atoms with E-state index < -0.39 is 0 Å².